The van der Waals surface area contributed by atoms with Crippen molar-refractivity contribution < 1.29 is 9.84 Å². The maximum absolute atomic E-state index is 10.1. The number of hydrogen-bond donors (Lipinski definition) is 1. The quantitative estimate of drug-likeness (QED) is 0.849. The van der Waals surface area contributed by atoms with Crippen LogP contribution in [0.3, 0.4) is 0 Å². The van der Waals surface area contributed by atoms with Crippen LogP contribution in [0.4, 0.5) is 0 Å². The topological polar surface area (TPSA) is 29.5 Å². The summed E-state index contributed by atoms with van der Waals surface area (Å²) in [4.78, 5) is 0. The van der Waals surface area contributed by atoms with Crippen LogP contribution >= 0.6 is 0 Å². The third kappa shape index (κ3) is 1.75. The Labute approximate surface area is 152 Å². The minimum absolute atomic E-state index is 0.352. The zero-order valence-corrected chi connectivity index (χ0v) is 16.1. The Hall–Kier alpha value is -1.02. The molecule has 3 fully saturated rings. The van der Waals surface area contributed by atoms with Gasteiger partial charge in [-0.2, -0.15) is 0 Å². The van der Waals surface area contributed by atoms with Gasteiger partial charge in [0.05, 0.1) is 7.11 Å². The molecule has 4 aliphatic rings. The standard InChI is InChI=1S/C23H32O2/c1-13-9-15-10-16(25-4)5-6-17(15)18-7-8-22(3)20(12-24)14(2)19-11-23(19,22)21(13)18/h5-6,10,13-14,18-21,24H,7-9,11-12H2,1-4H3/t13-,14+,18-,19+,20-,21-,22-,23-/m1/s1. The summed E-state index contributed by atoms with van der Waals surface area (Å²) in [6.45, 7) is 7.83. The Kier molecular flexibility index (Phi) is 3.25. The first kappa shape index (κ1) is 16.2. The number of aliphatic hydroxyl groups excluding tert-OH is 1. The lowest BCUT2D eigenvalue weighted by molar-refractivity contribution is -0.0492. The molecule has 5 rings (SSSR count). The summed E-state index contributed by atoms with van der Waals surface area (Å²) in [5, 5.41) is 10.1. The first-order valence-electron chi connectivity index (χ1n) is 10.3. The van der Waals surface area contributed by atoms with Crippen molar-refractivity contribution in [3.63, 3.8) is 0 Å². The van der Waals surface area contributed by atoms with Crippen LogP contribution in [0.15, 0.2) is 18.2 Å². The first-order valence-corrected chi connectivity index (χ1v) is 10.3. The zero-order chi connectivity index (χ0) is 17.6. The van der Waals surface area contributed by atoms with Gasteiger partial charge >= 0.3 is 0 Å². The van der Waals surface area contributed by atoms with Crippen molar-refractivity contribution in [3.05, 3.63) is 29.3 Å². The number of aliphatic hydroxyl groups is 1. The molecule has 4 aliphatic carbocycles. The average molecular weight is 341 g/mol. The Morgan fingerprint density at radius 2 is 2.08 bits per heavy atom. The fourth-order valence-electron chi connectivity index (χ4n) is 8.34. The number of hydrogen-bond acceptors (Lipinski definition) is 2. The summed E-state index contributed by atoms with van der Waals surface area (Å²) in [7, 11) is 1.77. The van der Waals surface area contributed by atoms with E-state index >= 15 is 0 Å². The van der Waals surface area contributed by atoms with Crippen molar-refractivity contribution in [3.8, 4) is 5.75 Å². The van der Waals surface area contributed by atoms with E-state index in [0.29, 0.717) is 35.2 Å². The van der Waals surface area contributed by atoms with Gasteiger partial charge in [0.25, 0.3) is 0 Å². The van der Waals surface area contributed by atoms with Crippen LogP contribution in [0.5, 0.6) is 5.75 Å². The SMILES string of the molecule is COc1ccc2c(c1)C[C@@H](C)[C@@H]1[C@@H]2CC[C@]2(C)[C@H](CO)[C@@H](C)[C@@H]3C[C@]132. The molecule has 0 aliphatic heterocycles. The molecule has 1 aromatic rings. The van der Waals surface area contributed by atoms with Gasteiger partial charge in [0, 0.05) is 6.61 Å². The fraction of sp³-hybridized carbons (Fsp3) is 0.739. The molecule has 1 aromatic carbocycles. The van der Waals surface area contributed by atoms with Gasteiger partial charge in [0.1, 0.15) is 5.75 Å². The van der Waals surface area contributed by atoms with Gasteiger partial charge in [-0.3, -0.25) is 0 Å². The van der Waals surface area contributed by atoms with E-state index in [1.165, 1.54) is 31.2 Å². The number of benzene rings is 1. The van der Waals surface area contributed by atoms with Gasteiger partial charge < -0.3 is 9.84 Å². The second kappa shape index (κ2) is 5.03. The van der Waals surface area contributed by atoms with Crippen LogP contribution in [0.1, 0.15) is 57.1 Å². The van der Waals surface area contributed by atoms with Crippen LogP contribution in [0.2, 0.25) is 0 Å². The van der Waals surface area contributed by atoms with Crippen molar-refractivity contribution >= 4 is 0 Å². The predicted molar refractivity (Wildman–Crippen MR) is 99.7 cm³/mol. The molecule has 0 saturated heterocycles. The molecule has 3 saturated carbocycles. The van der Waals surface area contributed by atoms with E-state index in [0.717, 1.165) is 23.5 Å². The molecule has 0 aromatic heterocycles. The van der Waals surface area contributed by atoms with Crippen LogP contribution in [0, 0.1) is 40.4 Å². The van der Waals surface area contributed by atoms with Gasteiger partial charge in [0.15, 0.2) is 0 Å². The van der Waals surface area contributed by atoms with E-state index in [1.807, 2.05) is 0 Å². The Balaban J connectivity index is 1.59. The maximum atomic E-state index is 10.1. The maximum Gasteiger partial charge on any atom is 0.119 e. The monoisotopic (exact) mass is 340 g/mol. The Morgan fingerprint density at radius 3 is 2.80 bits per heavy atom. The number of methoxy groups -OCH3 is 1. The largest absolute Gasteiger partial charge is 0.497 e. The van der Waals surface area contributed by atoms with Gasteiger partial charge in [-0.1, -0.05) is 26.8 Å². The molecule has 25 heavy (non-hydrogen) atoms. The molecule has 0 unspecified atom stereocenters. The smallest absolute Gasteiger partial charge is 0.119 e. The van der Waals surface area contributed by atoms with Crippen molar-refractivity contribution in [2.24, 2.45) is 40.4 Å². The minimum Gasteiger partial charge on any atom is -0.497 e. The molecule has 1 N–H and O–H groups in total. The zero-order valence-electron chi connectivity index (χ0n) is 16.1. The van der Waals surface area contributed by atoms with Gasteiger partial charge in [-0.05, 0) is 95.3 Å². The number of rotatable bonds is 2. The molecule has 2 nitrogen and oxygen atoms in total. The van der Waals surface area contributed by atoms with Crippen molar-refractivity contribution in [2.45, 2.75) is 52.4 Å². The summed E-state index contributed by atoms with van der Waals surface area (Å²) in [6, 6.07) is 6.80. The highest BCUT2D eigenvalue weighted by Crippen LogP contribution is 2.84. The molecule has 8 atom stereocenters. The number of ether oxygens (including phenoxy) is 1. The highest BCUT2D eigenvalue weighted by molar-refractivity contribution is 5.43. The summed E-state index contributed by atoms with van der Waals surface area (Å²) < 4.78 is 5.48. The number of fused-ring (bicyclic) bond motifs is 3. The van der Waals surface area contributed by atoms with Crippen molar-refractivity contribution in [2.75, 3.05) is 13.7 Å². The van der Waals surface area contributed by atoms with Crippen LogP contribution in [-0.2, 0) is 6.42 Å². The van der Waals surface area contributed by atoms with Crippen LogP contribution < -0.4 is 4.74 Å². The van der Waals surface area contributed by atoms with Gasteiger partial charge in [-0.25, -0.2) is 0 Å². The summed E-state index contributed by atoms with van der Waals surface area (Å²) in [5.41, 5.74) is 3.98. The Bertz CT molecular complexity index is 712. The molecule has 136 valence electrons. The third-order valence-electron chi connectivity index (χ3n) is 9.31. The van der Waals surface area contributed by atoms with Crippen molar-refractivity contribution in [1.29, 1.82) is 0 Å². The molecule has 0 amide bonds. The van der Waals surface area contributed by atoms with Crippen LogP contribution in [-0.4, -0.2) is 18.8 Å². The van der Waals surface area contributed by atoms with Gasteiger partial charge in [-0.15, -0.1) is 0 Å². The van der Waals surface area contributed by atoms with Gasteiger partial charge in [0.2, 0.25) is 0 Å². The summed E-state index contributed by atoms with van der Waals surface area (Å²) in [6.07, 6.45) is 5.19. The van der Waals surface area contributed by atoms with Crippen molar-refractivity contribution in [1.82, 2.24) is 0 Å². The molecule has 1 spiro atoms. The van der Waals surface area contributed by atoms with E-state index in [-0.39, 0.29) is 0 Å². The predicted octanol–water partition coefficient (Wildman–Crippen LogP) is 4.65. The minimum atomic E-state index is 0.352. The summed E-state index contributed by atoms with van der Waals surface area (Å²) >= 11 is 0. The van der Waals surface area contributed by atoms with E-state index in [4.69, 9.17) is 4.74 Å². The highest BCUT2D eigenvalue weighted by Gasteiger charge is 2.79. The van der Waals surface area contributed by atoms with E-state index < -0.39 is 0 Å². The third-order valence-corrected chi connectivity index (χ3v) is 9.31. The molecule has 0 heterocycles. The summed E-state index contributed by atoms with van der Waals surface area (Å²) in [5.74, 6) is 5.31. The molecule has 0 bridgehead atoms. The fourth-order valence-corrected chi connectivity index (χ4v) is 8.34. The first-order chi connectivity index (χ1) is 12.0. The highest BCUT2D eigenvalue weighted by atomic mass is 16.5. The molecule has 2 heteroatoms. The van der Waals surface area contributed by atoms with E-state index in [9.17, 15) is 5.11 Å². The average Bonchev–Trinajstić information content (AvgIpc) is 3.30. The van der Waals surface area contributed by atoms with E-state index in [2.05, 4.69) is 39.0 Å². The lowest BCUT2D eigenvalue weighted by Gasteiger charge is -2.55. The van der Waals surface area contributed by atoms with Crippen LogP contribution in [0.25, 0.3) is 0 Å². The lowest BCUT2D eigenvalue weighted by Crippen LogP contribution is -2.49. The second-order valence-electron chi connectivity index (χ2n) is 9.83. The molecule has 0 radical (unpaired) electrons. The Morgan fingerprint density at radius 1 is 1.28 bits per heavy atom. The van der Waals surface area contributed by atoms with E-state index in [1.54, 1.807) is 12.7 Å². The second-order valence-corrected chi connectivity index (χ2v) is 9.83. The molecular formula is C23H32O2. The normalized spacial score (nSPS) is 49.6. The molecular weight excluding hydrogens is 308 g/mol. The lowest BCUT2D eigenvalue weighted by atomic mass is 9.49.